The number of carbonyl (C=O) groups is 2. The number of carbonyl (C=O) groups excluding carboxylic acids is 2. The van der Waals surface area contributed by atoms with Crippen LogP contribution in [0.2, 0.25) is 0 Å². The van der Waals surface area contributed by atoms with E-state index in [-0.39, 0.29) is 18.3 Å². The molecule has 4 heteroatoms. The van der Waals surface area contributed by atoms with Crippen LogP contribution in [0.5, 0.6) is 0 Å². The highest BCUT2D eigenvalue weighted by Gasteiger charge is 2.18. The molecule has 0 aliphatic carbocycles. The number of nitrogens with zero attached hydrogens (tertiary/aromatic N) is 1. The number of Topliss-reactive ketones (excluding diaryl/α,β-unsaturated/α-hetero) is 1. The number of ether oxygens (including phenoxy) is 1. The van der Waals surface area contributed by atoms with Crippen LogP contribution < -0.4 is 0 Å². The van der Waals surface area contributed by atoms with Crippen molar-refractivity contribution in [1.29, 1.82) is 0 Å². The molecule has 1 rings (SSSR count). The number of hydrogen-bond acceptors (Lipinski definition) is 4. The molecule has 0 aromatic heterocycles. The van der Waals surface area contributed by atoms with Gasteiger partial charge in [-0.15, -0.1) is 0 Å². The van der Waals surface area contributed by atoms with E-state index in [0.717, 1.165) is 0 Å². The van der Waals surface area contributed by atoms with Crippen molar-refractivity contribution in [3.63, 3.8) is 0 Å². The van der Waals surface area contributed by atoms with Gasteiger partial charge in [0.05, 0.1) is 18.7 Å². The van der Waals surface area contributed by atoms with E-state index in [2.05, 4.69) is 4.99 Å². The molecular weight excluding hydrogens is 170 g/mol. The van der Waals surface area contributed by atoms with Crippen molar-refractivity contribution >= 4 is 17.5 Å². The van der Waals surface area contributed by atoms with Gasteiger partial charge in [-0.1, -0.05) is 0 Å². The van der Waals surface area contributed by atoms with Gasteiger partial charge in [0.25, 0.3) is 0 Å². The monoisotopic (exact) mass is 181 g/mol. The smallest absolute Gasteiger partial charge is 0.335 e. The number of hydrogen-bond donors (Lipinski definition) is 0. The summed E-state index contributed by atoms with van der Waals surface area (Å²) >= 11 is 0. The van der Waals surface area contributed by atoms with E-state index < -0.39 is 0 Å². The van der Waals surface area contributed by atoms with Crippen LogP contribution in [0.1, 0.15) is 13.8 Å². The zero-order valence-corrected chi connectivity index (χ0v) is 7.66. The first-order valence-electron chi connectivity index (χ1n) is 4.08. The first kappa shape index (κ1) is 9.64. The van der Waals surface area contributed by atoms with E-state index in [0.29, 0.717) is 17.9 Å². The average Bonchev–Trinajstić information content (AvgIpc) is 2.52. The Labute approximate surface area is 76.3 Å². The summed E-state index contributed by atoms with van der Waals surface area (Å²) in [6, 6.07) is 0. The zero-order valence-electron chi connectivity index (χ0n) is 7.66. The molecule has 4 nitrogen and oxygen atoms in total. The third-order valence-corrected chi connectivity index (χ3v) is 1.63. The third-order valence-electron chi connectivity index (χ3n) is 1.63. The Kier molecular flexibility index (Phi) is 2.95. The second-order valence-corrected chi connectivity index (χ2v) is 2.65. The Balaban J connectivity index is 2.64. The highest BCUT2D eigenvalue weighted by Crippen LogP contribution is 2.07. The quantitative estimate of drug-likeness (QED) is 0.596. The molecule has 0 aromatic carbocycles. The molecular formula is C9H11NO3. The fraction of sp³-hybridized carbons (Fsp3) is 0.444. The maximum absolute atomic E-state index is 11.1. The molecule has 0 unspecified atom stereocenters. The Morgan fingerprint density at radius 1 is 1.62 bits per heavy atom. The van der Waals surface area contributed by atoms with E-state index in [1.165, 1.54) is 13.0 Å². The van der Waals surface area contributed by atoms with Gasteiger partial charge in [-0.2, -0.15) is 0 Å². The summed E-state index contributed by atoms with van der Waals surface area (Å²) < 4.78 is 4.76. The van der Waals surface area contributed by atoms with E-state index in [9.17, 15) is 9.59 Å². The lowest BCUT2D eigenvalue weighted by molar-refractivity contribution is -0.138. The molecule has 0 N–H and O–H groups in total. The predicted molar refractivity (Wildman–Crippen MR) is 47.7 cm³/mol. The Morgan fingerprint density at radius 2 is 2.31 bits per heavy atom. The van der Waals surface area contributed by atoms with Crippen molar-refractivity contribution in [1.82, 2.24) is 0 Å². The Bertz CT molecular complexity index is 302. The molecule has 0 spiro atoms. The lowest BCUT2D eigenvalue weighted by Gasteiger charge is -1.99. The van der Waals surface area contributed by atoms with Crippen LogP contribution in [-0.4, -0.2) is 30.6 Å². The van der Waals surface area contributed by atoms with Crippen LogP contribution in [0.4, 0.5) is 0 Å². The van der Waals surface area contributed by atoms with E-state index >= 15 is 0 Å². The molecule has 70 valence electrons. The second-order valence-electron chi connectivity index (χ2n) is 2.65. The molecule has 0 atom stereocenters. The van der Waals surface area contributed by atoms with Crippen molar-refractivity contribution < 1.29 is 14.3 Å². The lowest BCUT2D eigenvalue weighted by atomic mass is 10.2. The van der Waals surface area contributed by atoms with Gasteiger partial charge in [0.2, 0.25) is 0 Å². The number of ketones is 1. The van der Waals surface area contributed by atoms with Gasteiger partial charge < -0.3 is 4.74 Å². The van der Waals surface area contributed by atoms with E-state index in [1.807, 2.05) is 0 Å². The van der Waals surface area contributed by atoms with Gasteiger partial charge in [0.15, 0.2) is 5.78 Å². The second kappa shape index (κ2) is 3.98. The fourth-order valence-corrected chi connectivity index (χ4v) is 0.987. The molecule has 0 saturated heterocycles. The van der Waals surface area contributed by atoms with Crippen molar-refractivity contribution in [3.05, 3.63) is 11.6 Å². The summed E-state index contributed by atoms with van der Waals surface area (Å²) in [5, 5.41) is 0. The number of aliphatic imine (C=N–C) groups is 1. The summed E-state index contributed by atoms with van der Waals surface area (Å²) in [6.45, 7) is 3.75. The normalized spacial score (nSPS) is 14.9. The van der Waals surface area contributed by atoms with Crippen molar-refractivity contribution in [2.45, 2.75) is 13.8 Å². The van der Waals surface area contributed by atoms with Gasteiger partial charge >= 0.3 is 5.97 Å². The molecule has 0 amide bonds. The number of allylic oxidation sites excluding steroid dienone is 1. The standard InChI is InChI=1S/C9H11NO3/c1-3-13-9(12)7-4-8(6(2)11)10-5-7/h4H,3,5H2,1-2H3. The van der Waals surface area contributed by atoms with Crippen molar-refractivity contribution in [2.75, 3.05) is 13.2 Å². The van der Waals surface area contributed by atoms with Crippen LogP contribution >= 0.6 is 0 Å². The van der Waals surface area contributed by atoms with Crippen molar-refractivity contribution in [2.24, 2.45) is 4.99 Å². The zero-order chi connectivity index (χ0) is 9.84. The highest BCUT2D eigenvalue weighted by atomic mass is 16.5. The minimum Gasteiger partial charge on any atom is -0.463 e. The van der Waals surface area contributed by atoms with Gasteiger partial charge in [-0.3, -0.25) is 9.79 Å². The SMILES string of the molecule is CCOC(=O)C1=CC(C(C)=O)=NC1. The lowest BCUT2D eigenvalue weighted by Crippen LogP contribution is -2.08. The molecule has 1 aliphatic heterocycles. The largest absolute Gasteiger partial charge is 0.463 e. The summed E-state index contributed by atoms with van der Waals surface area (Å²) in [5.41, 5.74) is 0.801. The fourth-order valence-electron chi connectivity index (χ4n) is 0.987. The van der Waals surface area contributed by atoms with Crippen LogP contribution in [-0.2, 0) is 14.3 Å². The van der Waals surface area contributed by atoms with E-state index in [4.69, 9.17) is 4.74 Å². The topological polar surface area (TPSA) is 55.7 Å². The van der Waals surface area contributed by atoms with Gasteiger partial charge in [0.1, 0.15) is 5.71 Å². The Morgan fingerprint density at radius 3 is 2.77 bits per heavy atom. The molecule has 0 radical (unpaired) electrons. The summed E-state index contributed by atoms with van der Waals surface area (Å²) in [6.07, 6.45) is 1.49. The first-order valence-corrected chi connectivity index (χ1v) is 4.08. The Hall–Kier alpha value is -1.45. The van der Waals surface area contributed by atoms with Gasteiger partial charge in [0, 0.05) is 6.92 Å². The molecule has 0 aromatic rings. The molecule has 0 saturated carbocycles. The van der Waals surface area contributed by atoms with Gasteiger partial charge in [-0.25, -0.2) is 4.79 Å². The highest BCUT2D eigenvalue weighted by molar-refractivity contribution is 6.44. The van der Waals surface area contributed by atoms with Crippen LogP contribution in [0.3, 0.4) is 0 Å². The maximum atomic E-state index is 11.1. The van der Waals surface area contributed by atoms with Crippen LogP contribution in [0, 0.1) is 0 Å². The molecule has 1 aliphatic rings. The van der Waals surface area contributed by atoms with Crippen LogP contribution in [0.25, 0.3) is 0 Å². The molecule has 0 bridgehead atoms. The summed E-state index contributed by atoms with van der Waals surface area (Å²) in [5.74, 6) is -0.512. The third kappa shape index (κ3) is 2.24. The molecule has 1 heterocycles. The molecule has 0 fully saturated rings. The van der Waals surface area contributed by atoms with Crippen molar-refractivity contribution in [3.8, 4) is 0 Å². The maximum Gasteiger partial charge on any atom is 0.335 e. The van der Waals surface area contributed by atoms with E-state index in [1.54, 1.807) is 6.92 Å². The van der Waals surface area contributed by atoms with Gasteiger partial charge in [-0.05, 0) is 13.0 Å². The molecule has 13 heavy (non-hydrogen) atoms. The number of esters is 1. The minimum atomic E-state index is -0.387. The first-order chi connectivity index (χ1) is 6.15. The minimum absolute atomic E-state index is 0.126. The number of rotatable bonds is 3. The average molecular weight is 181 g/mol. The summed E-state index contributed by atoms with van der Waals surface area (Å²) in [7, 11) is 0. The predicted octanol–water partition coefficient (Wildman–Crippen LogP) is 0.520. The summed E-state index contributed by atoms with van der Waals surface area (Å²) in [4.78, 5) is 25.9. The van der Waals surface area contributed by atoms with Crippen LogP contribution in [0.15, 0.2) is 16.6 Å².